The predicted molar refractivity (Wildman–Crippen MR) is 39.0 cm³/mol. The van der Waals surface area contributed by atoms with E-state index in [0.717, 1.165) is 0 Å². The number of carboxylic acid groups (broad SMARTS) is 1. The fourth-order valence-electron chi connectivity index (χ4n) is 0.517. The minimum atomic E-state index is -4.69. The summed E-state index contributed by atoms with van der Waals surface area (Å²) in [6.45, 7) is -2.77. The molecule has 6 nitrogen and oxygen atoms in total. The van der Waals surface area contributed by atoms with Crippen molar-refractivity contribution < 1.29 is 37.7 Å². The molecule has 0 aromatic heterocycles. The average molecular weight is 231 g/mol. The third-order valence-electron chi connectivity index (χ3n) is 1.14. The first-order chi connectivity index (χ1) is 6.76. The number of aliphatic carboxylic acids is 1. The van der Waals surface area contributed by atoms with Gasteiger partial charge in [0.1, 0.15) is 0 Å². The molecule has 0 saturated heterocycles. The minimum absolute atomic E-state index is 0.948. The number of aliphatic hydroxyl groups excluding tert-OH is 1. The van der Waals surface area contributed by atoms with Crippen LogP contribution in [0.25, 0.3) is 0 Å². The smallest absolute Gasteiger partial charge is 0.422 e. The second-order valence-electron chi connectivity index (χ2n) is 2.41. The van der Waals surface area contributed by atoms with Gasteiger partial charge >= 0.3 is 18.2 Å². The summed E-state index contributed by atoms with van der Waals surface area (Å²) < 4.78 is 38.2. The minimum Gasteiger partial charge on any atom is -0.480 e. The molecule has 0 radical (unpaired) electrons. The van der Waals surface area contributed by atoms with Crippen molar-refractivity contribution in [3.8, 4) is 0 Å². The lowest BCUT2D eigenvalue weighted by molar-refractivity contribution is -0.160. The van der Waals surface area contributed by atoms with E-state index in [1.165, 1.54) is 5.32 Å². The largest absolute Gasteiger partial charge is 0.480 e. The highest BCUT2D eigenvalue weighted by atomic mass is 19.4. The summed E-state index contributed by atoms with van der Waals surface area (Å²) in [5.74, 6) is -1.58. The molecule has 0 heterocycles. The molecule has 0 aliphatic heterocycles. The molecule has 0 aromatic rings. The van der Waals surface area contributed by atoms with Crippen molar-refractivity contribution in [3.63, 3.8) is 0 Å². The maximum atomic E-state index is 11.5. The highest BCUT2D eigenvalue weighted by Crippen LogP contribution is 2.14. The Hall–Kier alpha value is -1.51. The molecule has 0 fully saturated rings. The third-order valence-corrected chi connectivity index (χ3v) is 1.14. The van der Waals surface area contributed by atoms with Gasteiger partial charge in [-0.3, -0.25) is 0 Å². The summed E-state index contributed by atoms with van der Waals surface area (Å²) in [6.07, 6.45) is -6.25. The summed E-state index contributed by atoms with van der Waals surface area (Å²) in [5.41, 5.74) is 0. The molecule has 0 bridgehead atoms. The molecule has 0 aromatic carbocycles. The molecule has 1 atom stereocenters. The van der Waals surface area contributed by atoms with E-state index in [2.05, 4.69) is 4.74 Å². The number of aliphatic hydroxyl groups is 1. The zero-order valence-corrected chi connectivity index (χ0v) is 7.24. The Morgan fingerprint density at radius 1 is 1.40 bits per heavy atom. The van der Waals surface area contributed by atoms with Crippen LogP contribution < -0.4 is 5.32 Å². The van der Waals surface area contributed by atoms with E-state index in [0.29, 0.717) is 0 Å². The molecule has 0 rings (SSSR count). The molecule has 3 N–H and O–H groups in total. The Kier molecular flexibility index (Phi) is 4.85. The second kappa shape index (κ2) is 5.39. The number of carbonyl (C=O) groups is 2. The van der Waals surface area contributed by atoms with Gasteiger partial charge in [0.2, 0.25) is 0 Å². The van der Waals surface area contributed by atoms with E-state index < -0.39 is 37.5 Å². The van der Waals surface area contributed by atoms with E-state index in [9.17, 15) is 22.8 Å². The van der Waals surface area contributed by atoms with E-state index in [1.54, 1.807) is 0 Å². The van der Waals surface area contributed by atoms with Crippen LogP contribution in [0.3, 0.4) is 0 Å². The molecule has 15 heavy (non-hydrogen) atoms. The van der Waals surface area contributed by atoms with Crippen molar-refractivity contribution in [2.45, 2.75) is 12.2 Å². The zero-order valence-electron chi connectivity index (χ0n) is 7.24. The highest BCUT2D eigenvalue weighted by Gasteiger charge is 2.30. The van der Waals surface area contributed by atoms with Crippen molar-refractivity contribution in [2.24, 2.45) is 0 Å². The monoisotopic (exact) mass is 231 g/mol. The number of alkyl carbamates (subject to hydrolysis) is 1. The molecule has 0 spiro atoms. The van der Waals surface area contributed by atoms with Crippen LogP contribution in [0.2, 0.25) is 0 Å². The number of amides is 1. The van der Waals surface area contributed by atoms with Crippen LogP contribution >= 0.6 is 0 Å². The molecule has 0 aliphatic carbocycles. The fraction of sp³-hybridized carbons (Fsp3) is 0.667. The summed E-state index contributed by atoms with van der Waals surface area (Å²) in [6, 6.07) is -1.69. The molecule has 0 aliphatic rings. The fourth-order valence-corrected chi connectivity index (χ4v) is 0.517. The Labute approximate surface area is 81.6 Å². The van der Waals surface area contributed by atoms with Gasteiger partial charge in [0.15, 0.2) is 12.6 Å². The van der Waals surface area contributed by atoms with Crippen LogP contribution in [0.1, 0.15) is 0 Å². The quantitative estimate of drug-likeness (QED) is 0.618. The first-order valence-corrected chi connectivity index (χ1v) is 3.60. The van der Waals surface area contributed by atoms with Gasteiger partial charge in [-0.1, -0.05) is 0 Å². The predicted octanol–water partition coefficient (Wildman–Crippen LogP) is -0.280. The number of rotatable bonds is 4. The Bertz CT molecular complexity index is 241. The van der Waals surface area contributed by atoms with Crippen LogP contribution in [0.15, 0.2) is 0 Å². The first-order valence-electron chi connectivity index (χ1n) is 3.60. The Morgan fingerprint density at radius 3 is 2.27 bits per heavy atom. The van der Waals surface area contributed by atoms with Gasteiger partial charge in [0.25, 0.3) is 0 Å². The molecular weight excluding hydrogens is 223 g/mol. The van der Waals surface area contributed by atoms with Crippen LogP contribution in [-0.2, 0) is 9.53 Å². The lowest BCUT2D eigenvalue weighted by atomic mass is 10.3. The average Bonchev–Trinajstić information content (AvgIpc) is 2.09. The number of hydrogen-bond donors (Lipinski definition) is 3. The molecular formula is C6H8F3NO5. The van der Waals surface area contributed by atoms with Crippen molar-refractivity contribution >= 4 is 12.1 Å². The number of halogens is 3. The van der Waals surface area contributed by atoms with E-state index in [4.69, 9.17) is 10.2 Å². The number of carboxylic acids is 1. The van der Waals surface area contributed by atoms with Gasteiger partial charge in [-0.2, -0.15) is 13.2 Å². The number of ether oxygens (including phenoxy) is 1. The highest BCUT2D eigenvalue weighted by molar-refractivity contribution is 5.79. The van der Waals surface area contributed by atoms with Gasteiger partial charge in [-0.15, -0.1) is 0 Å². The van der Waals surface area contributed by atoms with Gasteiger partial charge in [-0.05, 0) is 0 Å². The Morgan fingerprint density at radius 2 is 1.93 bits per heavy atom. The lowest BCUT2D eigenvalue weighted by Gasteiger charge is -2.12. The van der Waals surface area contributed by atoms with Gasteiger partial charge in [-0.25, -0.2) is 9.59 Å². The van der Waals surface area contributed by atoms with Gasteiger partial charge in [0.05, 0.1) is 6.61 Å². The number of carbonyl (C=O) groups excluding carboxylic acids is 1. The van der Waals surface area contributed by atoms with E-state index in [1.807, 2.05) is 0 Å². The van der Waals surface area contributed by atoms with Crippen molar-refractivity contribution in [3.05, 3.63) is 0 Å². The maximum absolute atomic E-state index is 11.5. The van der Waals surface area contributed by atoms with Crippen molar-refractivity contribution in [1.29, 1.82) is 0 Å². The van der Waals surface area contributed by atoms with E-state index >= 15 is 0 Å². The van der Waals surface area contributed by atoms with Crippen LogP contribution in [0.5, 0.6) is 0 Å². The number of alkyl halides is 3. The van der Waals surface area contributed by atoms with Crippen LogP contribution in [-0.4, -0.2) is 47.7 Å². The molecule has 9 heteroatoms. The molecule has 1 unspecified atom stereocenters. The van der Waals surface area contributed by atoms with Crippen molar-refractivity contribution in [1.82, 2.24) is 5.32 Å². The maximum Gasteiger partial charge on any atom is 0.422 e. The van der Waals surface area contributed by atoms with Crippen LogP contribution in [0, 0.1) is 0 Å². The van der Waals surface area contributed by atoms with E-state index in [-0.39, 0.29) is 0 Å². The van der Waals surface area contributed by atoms with Gasteiger partial charge < -0.3 is 20.3 Å². The molecule has 1 amide bonds. The second-order valence-corrected chi connectivity index (χ2v) is 2.41. The standard InChI is InChI=1S/C6H8F3NO5/c7-6(8,9)2-15-5(14)10-3(1-11)4(12)13/h3,11H,1-2H2,(H,10,14)(H,12,13). The third kappa shape index (κ3) is 6.55. The zero-order chi connectivity index (χ0) is 12.1. The summed E-state index contributed by atoms with van der Waals surface area (Å²) in [4.78, 5) is 20.8. The summed E-state index contributed by atoms with van der Waals surface area (Å²) in [5, 5.41) is 18.2. The summed E-state index contributed by atoms with van der Waals surface area (Å²) in [7, 11) is 0. The topological polar surface area (TPSA) is 95.9 Å². The number of nitrogens with one attached hydrogen (secondary N) is 1. The molecule has 88 valence electrons. The molecule has 0 saturated carbocycles. The summed E-state index contributed by atoms with van der Waals surface area (Å²) >= 11 is 0. The first kappa shape index (κ1) is 13.5. The normalized spacial score (nSPS) is 13.1. The van der Waals surface area contributed by atoms with Gasteiger partial charge in [0, 0.05) is 0 Å². The SMILES string of the molecule is O=C(NC(CO)C(=O)O)OCC(F)(F)F. The Balaban J connectivity index is 3.98. The number of hydrogen-bond acceptors (Lipinski definition) is 4. The van der Waals surface area contributed by atoms with Crippen molar-refractivity contribution in [2.75, 3.05) is 13.2 Å². The van der Waals surface area contributed by atoms with Crippen LogP contribution in [0.4, 0.5) is 18.0 Å². The lowest BCUT2D eigenvalue weighted by Crippen LogP contribution is -2.44.